The summed E-state index contributed by atoms with van der Waals surface area (Å²) < 4.78 is 20.7. The molecule has 0 amide bonds. The van der Waals surface area contributed by atoms with E-state index in [1.807, 2.05) is 0 Å². The number of hydrogen-bond acceptors (Lipinski definition) is 7. The number of carbonyl (C=O) groups is 1. The minimum Gasteiger partial charge on any atom is -0.292 e. The molecule has 1 aromatic carbocycles. The van der Waals surface area contributed by atoms with Gasteiger partial charge in [-0.2, -0.15) is 0 Å². The standard InChI is InChI=1S/C13H8ClNO5S3/c14-23(19,20)12-7-6-11(9(16)8-4-2-1-3-5-8)13(22-11,15(17)18)10(12)21-12/h1-7,10H. The second kappa shape index (κ2) is 4.33. The van der Waals surface area contributed by atoms with Gasteiger partial charge >= 0.3 is 4.87 Å². The van der Waals surface area contributed by atoms with Gasteiger partial charge in [-0.25, -0.2) is 8.42 Å². The van der Waals surface area contributed by atoms with Crippen molar-refractivity contribution in [1.82, 2.24) is 0 Å². The SMILES string of the molecule is O=C(c1ccccc1)C12C=CC3(S(=O)(=O)Cl)SC3C1([N+](=O)[O-])S2. The average molecular weight is 390 g/mol. The lowest BCUT2D eigenvalue weighted by molar-refractivity contribution is -0.526. The van der Waals surface area contributed by atoms with E-state index in [0.717, 1.165) is 23.5 Å². The van der Waals surface area contributed by atoms with Gasteiger partial charge in [0.05, 0.1) is 0 Å². The summed E-state index contributed by atoms with van der Waals surface area (Å²) in [6, 6.07) is 8.28. The summed E-state index contributed by atoms with van der Waals surface area (Å²) in [5.41, 5.74) is 0.361. The van der Waals surface area contributed by atoms with Crippen LogP contribution in [0.5, 0.6) is 0 Å². The Balaban J connectivity index is 1.84. The van der Waals surface area contributed by atoms with E-state index in [1.54, 1.807) is 30.3 Å². The fourth-order valence-electron chi connectivity index (χ4n) is 3.11. The number of halogens is 1. The molecule has 4 unspecified atom stereocenters. The van der Waals surface area contributed by atoms with Gasteiger partial charge in [0.15, 0.2) is 14.6 Å². The third-order valence-corrected chi connectivity index (χ3v) is 11.0. The van der Waals surface area contributed by atoms with Crippen LogP contribution in [-0.4, -0.2) is 38.1 Å². The first-order valence-electron chi connectivity index (χ1n) is 6.48. The normalized spacial score (nSPS) is 40.0. The van der Waals surface area contributed by atoms with Gasteiger partial charge in [0.1, 0.15) is 5.25 Å². The number of fused-ring (bicyclic) bond motifs is 3. The quantitative estimate of drug-likeness (QED) is 0.195. The third-order valence-electron chi connectivity index (χ3n) is 4.35. The Morgan fingerprint density at radius 1 is 1.26 bits per heavy atom. The predicted molar refractivity (Wildman–Crippen MR) is 88.8 cm³/mol. The fourth-order valence-corrected chi connectivity index (χ4v) is 8.95. The fraction of sp³-hybridized carbons (Fsp3) is 0.308. The molecule has 3 aliphatic rings. The number of rotatable bonds is 4. The van der Waals surface area contributed by atoms with Gasteiger partial charge in [0.25, 0.3) is 9.05 Å². The average Bonchev–Trinajstić information content (AvgIpc) is 3.36. The largest absolute Gasteiger partial charge is 0.308 e. The molecule has 0 spiro atoms. The van der Waals surface area contributed by atoms with Crippen molar-refractivity contribution in [3.63, 3.8) is 0 Å². The maximum atomic E-state index is 12.8. The Hall–Kier alpha value is -1.03. The van der Waals surface area contributed by atoms with Crippen LogP contribution in [0.15, 0.2) is 42.5 Å². The van der Waals surface area contributed by atoms with Gasteiger partial charge < -0.3 is 0 Å². The minimum absolute atomic E-state index is 0.361. The molecule has 1 aromatic rings. The molecule has 120 valence electrons. The first-order chi connectivity index (χ1) is 10.7. The van der Waals surface area contributed by atoms with Crippen LogP contribution in [-0.2, 0) is 9.05 Å². The summed E-state index contributed by atoms with van der Waals surface area (Å²) in [7, 11) is 1.44. The van der Waals surface area contributed by atoms with Crippen LogP contribution < -0.4 is 0 Å². The second-order valence-electron chi connectivity index (χ2n) is 5.48. The molecule has 2 saturated heterocycles. The number of ketones is 1. The van der Waals surface area contributed by atoms with Crippen molar-refractivity contribution >= 4 is 49.0 Å². The lowest BCUT2D eigenvalue weighted by Gasteiger charge is -2.19. The Kier molecular flexibility index (Phi) is 2.91. The van der Waals surface area contributed by atoms with Crippen LogP contribution in [0.1, 0.15) is 10.4 Å². The van der Waals surface area contributed by atoms with Gasteiger partial charge in [-0.15, -0.1) is 11.8 Å². The van der Waals surface area contributed by atoms with Crippen LogP contribution in [0, 0.1) is 10.1 Å². The molecule has 6 nitrogen and oxygen atoms in total. The van der Waals surface area contributed by atoms with Gasteiger partial charge in [0, 0.05) is 21.2 Å². The molecule has 10 heteroatoms. The van der Waals surface area contributed by atoms with E-state index in [0.29, 0.717) is 5.56 Å². The monoisotopic (exact) mass is 389 g/mol. The van der Waals surface area contributed by atoms with Crippen molar-refractivity contribution in [3.8, 4) is 0 Å². The lowest BCUT2D eigenvalue weighted by atomic mass is 9.84. The minimum atomic E-state index is -4.03. The smallest absolute Gasteiger partial charge is 0.292 e. The zero-order valence-corrected chi connectivity index (χ0v) is 14.4. The topological polar surface area (TPSA) is 94.3 Å². The molecule has 4 rings (SSSR count). The molecule has 1 aliphatic carbocycles. The van der Waals surface area contributed by atoms with Crippen LogP contribution >= 0.6 is 34.2 Å². The first kappa shape index (κ1) is 15.5. The summed E-state index contributed by atoms with van der Waals surface area (Å²) in [5, 5.41) is 10.8. The van der Waals surface area contributed by atoms with Crippen LogP contribution in [0.2, 0.25) is 0 Å². The van der Waals surface area contributed by atoms with E-state index in [1.165, 1.54) is 12.2 Å². The van der Waals surface area contributed by atoms with Crippen molar-refractivity contribution in [2.45, 2.75) is 18.9 Å². The summed E-state index contributed by atoms with van der Waals surface area (Å²) in [5.74, 6) is -0.385. The highest BCUT2D eigenvalue weighted by atomic mass is 35.7. The molecule has 0 aromatic heterocycles. The van der Waals surface area contributed by atoms with Crippen LogP contribution in [0.25, 0.3) is 0 Å². The van der Waals surface area contributed by atoms with Gasteiger partial charge in [-0.1, -0.05) is 42.5 Å². The lowest BCUT2D eigenvalue weighted by Crippen LogP contribution is -2.48. The highest BCUT2D eigenvalue weighted by Gasteiger charge is 2.96. The molecule has 0 radical (unpaired) electrons. The van der Waals surface area contributed by atoms with Crippen molar-refractivity contribution in [1.29, 1.82) is 0 Å². The molecule has 4 atom stereocenters. The van der Waals surface area contributed by atoms with Crippen molar-refractivity contribution < 1.29 is 18.1 Å². The van der Waals surface area contributed by atoms with Gasteiger partial charge in [-0.3, -0.25) is 14.9 Å². The van der Waals surface area contributed by atoms with Crippen molar-refractivity contribution in [2.75, 3.05) is 0 Å². The predicted octanol–water partition coefficient (Wildman–Crippen LogP) is 2.28. The summed E-state index contributed by atoms with van der Waals surface area (Å²) in [6.07, 6.45) is 2.69. The summed E-state index contributed by atoms with van der Waals surface area (Å²) in [4.78, 5) is 22.3. The number of carbonyl (C=O) groups excluding carboxylic acids is 1. The van der Waals surface area contributed by atoms with Crippen molar-refractivity contribution in [2.24, 2.45) is 0 Å². The third kappa shape index (κ3) is 1.68. The molecular weight excluding hydrogens is 382 g/mol. The van der Waals surface area contributed by atoms with E-state index in [-0.39, 0.29) is 5.78 Å². The maximum Gasteiger partial charge on any atom is 0.308 e. The van der Waals surface area contributed by atoms with E-state index in [4.69, 9.17) is 10.7 Å². The van der Waals surface area contributed by atoms with Crippen LogP contribution in [0.3, 0.4) is 0 Å². The van der Waals surface area contributed by atoms with Crippen LogP contribution in [0.4, 0.5) is 0 Å². The molecule has 0 saturated carbocycles. The zero-order valence-electron chi connectivity index (χ0n) is 11.2. The van der Waals surface area contributed by atoms with E-state index >= 15 is 0 Å². The van der Waals surface area contributed by atoms with E-state index in [9.17, 15) is 23.3 Å². The highest BCUT2D eigenvalue weighted by Crippen LogP contribution is 2.82. The Morgan fingerprint density at radius 3 is 2.48 bits per heavy atom. The van der Waals surface area contributed by atoms with Gasteiger partial charge in [0.2, 0.25) is 0 Å². The Morgan fingerprint density at radius 2 is 1.91 bits per heavy atom. The molecule has 2 fully saturated rings. The summed E-state index contributed by atoms with van der Waals surface area (Å²) in [6.45, 7) is 0. The molecule has 0 bridgehead atoms. The van der Waals surface area contributed by atoms with Gasteiger partial charge in [-0.05, 0) is 11.8 Å². The second-order valence-corrected chi connectivity index (χ2v) is 11.4. The zero-order chi connectivity index (χ0) is 16.7. The highest BCUT2D eigenvalue weighted by molar-refractivity contribution is 8.31. The van der Waals surface area contributed by atoms with E-state index in [2.05, 4.69) is 0 Å². The number of thioether (sulfide) groups is 2. The number of benzene rings is 1. The number of nitrogens with zero attached hydrogens (tertiary/aromatic N) is 1. The Bertz CT molecular complexity index is 888. The number of hydrogen-bond donors (Lipinski definition) is 0. The molecule has 2 aliphatic heterocycles. The number of nitro groups is 1. The molecule has 23 heavy (non-hydrogen) atoms. The van der Waals surface area contributed by atoms with E-state index < -0.39 is 32.9 Å². The molecular formula is C13H8ClNO5S3. The maximum absolute atomic E-state index is 12.8. The summed E-state index contributed by atoms with van der Waals surface area (Å²) >= 11 is 1.81. The Labute approximate surface area is 144 Å². The molecule has 2 heterocycles. The first-order valence-corrected chi connectivity index (χ1v) is 10.5. The molecule has 0 N–H and O–H groups in total. The number of Topliss-reactive ketones (excluding diaryl/α,β-unsaturated/α-hetero) is 1. The van der Waals surface area contributed by atoms with Crippen molar-refractivity contribution in [3.05, 3.63) is 58.2 Å².